The Morgan fingerprint density at radius 2 is 1.59 bits per heavy atom. The molecule has 1 aliphatic rings. The number of carbonyl (C=O) groups excluding carboxylic acids is 2. The Morgan fingerprint density at radius 3 is 2.33 bits per heavy atom. The first-order valence-corrected chi connectivity index (χ1v) is 9.02. The molecule has 0 radical (unpaired) electrons. The van der Waals surface area contributed by atoms with Gasteiger partial charge in [0.15, 0.2) is 24.7 Å². The van der Waals surface area contributed by atoms with E-state index < -0.39 is 5.97 Å². The summed E-state index contributed by atoms with van der Waals surface area (Å²) in [4.78, 5) is 25.9. The molecule has 6 nitrogen and oxygen atoms in total. The van der Waals surface area contributed by atoms with E-state index in [1.54, 1.807) is 23.1 Å². The first-order chi connectivity index (χ1) is 13.2. The quantitative estimate of drug-likeness (QED) is 0.702. The Balaban J connectivity index is 1.45. The Labute approximate surface area is 158 Å². The first kappa shape index (κ1) is 18.8. The van der Waals surface area contributed by atoms with Gasteiger partial charge in [-0.3, -0.25) is 4.79 Å². The lowest BCUT2D eigenvalue weighted by Crippen LogP contribution is -2.38. The third kappa shape index (κ3) is 5.00. The number of benzene rings is 2. The maximum absolute atomic E-state index is 12.3. The van der Waals surface area contributed by atoms with E-state index in [4.69, 9.17) is 14.2 Å². The van der Waals surface area contributed by atoms with Crippen molar-refractivity contribution < 1.29 is 23.8 Å². The number of carbonyl (C=O) groups is 2. The molecule has 0 fully saturated rings. The minimum atomic E-state index is -0.591. The van der Waals surface area contributed by atoms with Crippen LogP contribution in [0.3, 0.4) is 0 Å². The van der Waals surface area contributed by atoms with Crippen molar-refractivity contribution in [1.29, 1.82) is 0 Å². The van der Waals surface area contributed by atoms with Gasteiger partial charge in [-0.15, -0.1) is 0 Å². The SMILES string of the molecule is CCOc1ccccc1OCC(=O)OCC(=O)N1CCc2ccccc2C1. The smallest absolute Gasteiger partial charge is 0.344 e. The minimum absolute atomic E-state index is 0.201. The minimum Gasteiger partial charge on any atom is -0.490 e. The van der Waals surface area contributed by atoms with Gasteiger partial charge in [0.25, 0.3) is 5.91 Å². The Kier molecular flexibility index (Phi) is 6.30. The van der Waals surface area contributed by atoms with E-state index in [1.807, 2.05) is 31.2 Å². The van der Waals surface area contributed by atoms with Crippen molar-refractivity contribution in [2.75, 3.05) is 26.4 Å². The molecule has 3 rings (SSSR count). The highest BCUT2D eigenvalue weighted by atomic mass is 16.6. The second kappa shape index (κ2) is 9.07. The van der Waals surface area contributed by atoms with Crippen LogP contribution >= 0.6 is 0 Å². The number of amides is 1. The van der Waals surface area contributed by atoms with Crippen LogP contribution < -0.4 is 9.47 Å². The van der Waals surface area contributed by atoms with Gasteiger partial charge < -0.3 is 19.1 Å². The van der Waals surface area contributed by atoms with Gasteiger partial charge in [-0.1, -0.05) is 36.4 Å². The lowest BCUT2D eigenvalue weighted by Gasteiger charge is -2.28. The molecule has 0 bridgehead atoms. The number of hydrogen-bond donors (Lipinski definition) is 0. The van der Waals surface area contributed by atoms with Crippen LogP contribution in [0.15, 0.2) is 48.5 Å². The molecular weight excluding hydrogens is 346 g/mol. The van der Waals surface area contributed by atoms with Gasteiger partial charge >= 0.3 is 5.97 Å². The van der Waals surface area contributed by atoms with Crippen molar-refractivity contribution in [1.82, 2.24) is 4.90 Å². The molecule has 0 N–H and O–H groups in total. The fourth-order valence-corrected chi connectivity index (χ4v) is 2.96. The number of nitrogens with zero attached hydrogens (tertiary/aromatic N) is 1. The van der Waals surface area contributed by atoms with Crippen molar-refractivity contribution in [2.24, 2.45) is 0 Å². The van der Waals surface area contributed by atoms with Crippen LogP contribution in [-0.4, -0.2) is 43.1 Å². The van der Waals surface area contributed by atoms with Crippen molar-refractivity contribution in [3.05, 3.63) is 59.7 Å². The zero-order valence-corrected chi connectivity index (χ0v) is 15.3. The summed E-state index contributed by atoms with van der Waals surface area (Å²) in [5.74, 6) is 0.241. The van der Waals surface area contributed by atoms with Crippen LogP contribution in [0.25, 0.3) is 0 Å². The molecule has 27 heavy (non-hydrogen) atoms. The number of ether oxygens (including phenoxy) is 3. The molecule has 1 amide bonds. The van der Waals surface area contributed by atoms with Crippen molar-refractivity contribution in [3.8, 4) is 11.5 Å². The fraction of sp³-hybridized carbons (Fsp3) is 0.333. The predicted molar refractivity (Wildman–Crippen MR) is 99.6 cm³/mol. The van der Waals surface area contributed by atoms with Gasteiger partial charge in [0.2, 0.25) is 0 Å². The van der Waals surface area contributed by atoms with E-state index in [9.17, 15) is 9.59 Å². The van der Waals surface area contributed by atoms with E-state index in [2.05, 4.69) is 6.07 Å². The summed E-state index contributed by atoms with van der Waals surface area (Å²) < 4.78 is 16.0. The summed E-state index contributed by atoms with van der Waals surface area (Å²) in [5, 5.41) is 0. The standard InChI is InChI=1S/C21H23NO5/c1-2-25-18-9-5-6-10-19(18)26-15-21(24)27-14-20(23)22-12-11-16-7-3-4-8-17(16)13-22/h3-10H,2,11-15H2,1H3. The average molecular weight is 369 g/mol. The van der Waals surface area contributed by atoms with Gasteiger partial charge in [0.05, 0.1) is 6.61 Å². The van der Waals surface area contributed by atoms with Crippen molar-refractivity contribution >= 4 is 11.9 Å². The molecule has 2 aromatic rings. The zero-order valence-electron chi connectivity index (χ0n) is 15.3. The summed E-state index contributed by atoms with van der Waals surface area (Å²) in [6.07, 6.45) is 0.813. The third-order valence-electron chi connectivity index (χ3n) is 4.33. The van der Waals surface area contributed by atoms with Gasteiger partial charge in [0, 0.05) is 13.1 Å². The highest BCUT2D eigenvalue weighted by Crippen LogP contribution is 2.26. The number of fused-ring (bicyclic) bond motifs is 1. The zero-order chi connectivity index (χ0) is 19.1. The first-order valence-electron chi connectivity index (χ1n) is 9.02. The van der Waals surface area contributed by atoms with Crippen LogP contribution in [0.1, 0.15) is 18.1 Å². The second-order valence-electron chi connectivity index (χ2n) is 6.16. The van der Waals surface area contributed by atoms with E-state index >= 15 is 0 Å². The maximum Gasteiger partial charge on any atom is 0.344 e. The van der Waals surface area contributed by atoms with E-state index in [-0.39, 0.29) is 19.1 Å². The van der Waals surface area contributed by atoms with Gasteiger partial charge in [0.1, 0.15) is 0 Å². The van der Waals surface area contributed by atoms with E-state index in [0.29, 0.717) is 31.2 Å². The van der Waals surface area contributed by atoms with Crippen LogP contribution in [0.5, 0.6) is 11.5 Å². The Morgan fingerprint density at radius 1 is 0.926 bits per heavy atom. The Bertz CT molecular complexity index is 805. The molecule has 2 aromatic carbocycles. The van der Waals surface area contributed by atoms with Crippen LogP contribution in [-0.2, 0) is 27.3 Å². The lowest BCUT2D eigenvalue weighted by atomic mass is 10.00. The fourth-order valence-electron chi connectivity index (χ4n) is 2.96. The highest BCUT2D eigenvalue weighted by molar-refractivity contribution is 5.81. The molecule has 6 heteroatoms. The normalized spacial score (nSPS) is 12.9. The highest BCUT2D eigenvalue weighted by Gasteiger charge is 2.21. The molecule has 0 aromatic heterocycles. The van der Waals surface area contributed by atoms with E-state index in [0.717, 1.165) is 12.0 Å². The summed E-state index contributed by atoms with van der Waals surface area (Å²) in [6.45, 7) is 2.99. The molecule has 0 spiro atoms. The van der Waals surface area contributed by atoms with Gasteiger partial charge in [-0.05, 0) is 36.6 Å². The molecule has 0 aliphatic carbocycles. The second-order valence-corrected chi connectivity index (χ2v) is 6.16. The molecule has 0 saturated carbocycles. The van der Waals surface area contributed by atoms with Gasteiger partial charge in [-0.25, -0.2) is 4.79 Å². The number of para-hydroxylation sites is 2. The summed E-state index contributed by atoms with van der Waals surface area (Å²) >= 11 is 0. The van der Waals surface area contributed by atoms with Crippen molar-refractivity contribution in [3.63, 3.8) is 0 Å². The maximum atomic E-state index is 12.3. The third-order valence-corrected chi connectivity index (χ3v) is 4.33. The molecule has 0 saturated heterocycles. The van der Waals surface area contributed by atoms with Crippen LogP contribution in [0, 0.1) is 0 Å². The lowest BCUT2D eigenvalue weighted by molar-refractivity contribution is -0.154. The summed E-state index contributed by atoms with van der Waals surface area (Å²) in [6, 6.07) is 15.2. The molecule has 0 unspecified atom stereocenters. The van der Waals surface area contributed by atoms with Crippen LogP contribution in [0.4, 0.5) is 0 Å². The number of hydrogen-bond acceptors (Lipinski definition) is 5. The Hall–Kier alpha value is -3.02. The number of rotatable bonds is 7. The molecule has 1 aliphatic heterocycles. The number of esters is 1. The molecular formula is C21H23NO5. The molecule has 142 valence electrons. The monoisotopic (exact) mass is 369 g/mol. The predicted octanol–water partition coefficient (Wildman–Crippen LogP) is 2.59. The largest absolute Gasteiger partial charge is 0.490 e. The topological polar surface area (TPSA) is 65.1 Å². The molecule has 0 atom stereocenters. The van der Waals surface area contributed by atoms with Gasteiger partial charge in [-0.2, -0.15) is 0 Å². The average Bonchev–Trinajstić information content (AvgIpc) is 2.71. The van der Waals surface area contributed by atoms with Crippen LogP contribution in [0.2, 0.25) is 0 Å². The summed E-state index contributed by atoms with van der Waals surface area (Å²) in [7, 11) is 0. The van der Waals surface area contributed by atoms with Crippen molar-refractivity contribution in [2.45, 2.75) is 19.9 Å². The summed E-state index contributed by atoms with van der Waals surface area (Å²) in [5.41, 5.74) is 2.40. The van der Waals surface area contributed by atoms with E-state index in [1.165, 1.54) is 5.56 Å². The molecule has 1 heterocycles.